The van der Waals surface area contributed by atoms with Gasteiger partial charge in [-0.15, -0.1) is 11.3 Å². The van der Waals surface area contributed by atoms with E-state index in [1.54, 1.807) is 30.5 Å². The first kappa shape index (κ1) is 25.5. The highest BCUT2D eigenvalue weighted by atomic mass is 32.1. The van der Waals surface area contributed by atoms with Gasteiger partial charge in [0.05, 0.1) is 19.7 Å². The third-order valence-corrected chi connectivity index (χ3v) is 7.98. The minimum Gasteiger partial charge on any atom is -0.497 e. The third-order valence-electron chi connectivity index (χ3n) is 6.98. The van der Waals surface area contributed by atoms with Crippen molar-refractivity contribution >= 4 is 23.2 Å². The van der Waals surface area contributed by atoms with Crippen molar-refractivity contribution < 1.29 is 23.8 Å². The van der Waals surface area contributed by atoms with E-state index in [1.165, 1.54) is 4.88 Å². The molecule has 1 aromatic carbocycles. The van der Waals surface area contributed by atoms with Gasteiger partial charge >= 0.3 is 0 Å². The highest BCUT2D eigenvalue weighted by Gasteiger charge is 2.35. The van der Waals surface area contributed by atoms with Gasteiger partial charge in [-0.25, -0.2) is 0 Å². The lowest BCUT2D eigenvalue weighted by molar-refractivity contribution is -0.144. The zero-order valence-electron chi connectivity index (χ0n) is 20.7. The molecule has 2 heterocycles. The molecule has 35 heavy (non-hydrogen) atoms. The average Bonchev–Trinajstić information content (AvgIpc) is 3.59. The van der Waals surface area contributed by atoms with E-state index in [9.17, 15) is 9.59 Å². The van der Waals surface area contributed by atoms with Gasteiger partial charge in [-0.3, -0.25) is 9.59 Å². The molecule has 0 spiro atoms. The van der Waals surface area contributed by atoms with E-state index in [4.69, 9.17) is 14.2 Å². The Morgan fingerprint density at radius 2 is 1.94 bits per heavy atom. The number of thiophene rings is 1. The zero-order valence-corrected chi connectivity index (χ0v) is 21.6. The molecule has 2 amide bonds. The second kappa shape index (κ2) is 12.4. The molecule has 8 heteroatoms. The van der Waals surface area contributed by atoms with Crippen LogP contribution in [-0.4, -0.2) is 68.7 Å². The van der Waals surface area contributed by atoms with Crippen molar-refractivity contribution in [1.29, 1.82) is 0 Å². The van der Waals surface area contributed by atoms with Crippen LogP contribution in [0.15, 0.2) is 35.7 Å². The Bertz CT molecular complexity index is 987. The largest absolute Gasteiger partial charge is 0.497 e. The Hall–Kier alpha value is -2.58. The number of amides is 2. The third kappa shape index (κ3) is 6.35. The van der Waals surface area contributed by atoms with Gasteiger partial charge < -0.3 is 24.0 Å². The van der Waals surface area contributed by atoms with Crippen LogP contribution in [-0.2, 0) is 20.7 Å². The molecule has 1 unspecified atom stereocenters. The summed E-state index contributed by atoms with van der Waals surface area (Å²) in [6, 6.07) is 9.41. The predicted molar refractivity (Wildman–Crippen MR) is 136 cm³/mol. The molecule has 0 N–H and O–H groups in total. The Kier molecular flexibility index (Phi) is 9.04. The summed E-state index contributed by atoms with van der Waals surface area (Å²) in [6.45, 7) is 2.19. The van der Waals surface area contributed by atoms with Crippen molar-refractivity contribution in [1.82, 2.24) is 9.80 Å². The molecule has 1 aliphatic heterocycles. The van der Waals surface area contributed by atoms with Crippen LogP contribution in [0.4, 0.5) is 0 Å². The number of methoxy groups -OCH3 is 2. The minimum absolute atomic E-state index is 0.0233. The highest BCUT2D eigenvalue weighted by Crippen LogP contribution is 2.34. The average molecular weight is 501 g/mol. The number of ether oxygens (including phenoxy) is 3. The Balaban J connectivity index is 1.48. The summed E-state index contributed by atoms with van der Waals surface area (Å²) in [5, 5.41) is 2.08. The van der Waals surface area contributed by atoms with Crippen LogP contribution in [0.1, 0.15) is 48.6 Å². The van der Waals surface area contributed by atoms with E-state index in [0.717, 1.165) is 49.8 Å². The molecule has 0 saturated heterocycles. The summed E-state index contributed by atoms with van der Waals surface area (Å²) in [4.78, 5) is 31.9. The van der Waals surface area contributed by atoms with Crippen LogP contribution in [0.2, 0.25) is 0 Å². The van der Waals surface area contributed by atoms with Gasteiger partial charge in [0, 0.05) is 43.7 Å². The maximum atomic E-state index is 13.6. The van der Waals surface area contributed by atoms with Gasteiger partial charge in [-0.1, -0.05) is 18.9 Å². The lowest BCUT2D eigenvalue weighted by atomic mass is 10.00. The standard InChI is InChI=1S/C27H36N2O5S/c1-32-15-6-13-28(27(31)20-7-3-4-8-20)18-26(30)29-14-11-25-23(12-16-35-25)24(29)19-34-22-10-5-9-21(17-22)33-2/h5,9-10,12,16-17,20,24H,3-4,6-8,11,13-15,18-19H2,1-2H3. The SMILES string of the molecule is COCCCN(CC(=O)N1CCc2sccc2C1COc1cccc(OC)c1)C(=O)C1CCCC1. The topological polar surface area (TPSA) is 68.3 Å². The number of hydrogen-bond donors (Lipinski definition) is 0. The van der Waals surface area contributed by atoms with Crippen molar-refractivity contribution in [3.05, 3.63) is 46.2 Å². The second-order valence-electron chi connectivity index (χ2n) is 9.23. The molecule has 190 valence electrons. The molecule has 0 radical (unpaired) electrons. The smallest absolute Gasteiger partial charge is 0.242 e. The maximum Gasteiger partial charge on any atom is 0.242 e. The Morgan fingerprint density at radius 1 is 1.14 bits per heavy atom. The molecule has 1 aromatic heterocycles. The van der Waals surface area contributed by atoms with Crippen LogP contribution >= 0.6 is 11.3 Å². The molecular weight excluding hydrogens is 464 g/mol. The minimum atomic E-state index is -0.189. The summed E-state index contributed by atoms with van der Waals surface area (Å²) in [5.41, 5.74) is 1.14. The van der Waals surface area contributed by atoms with Crippen LogP contribution in [0, 0.1) is 5.92 Å². The fourth-order valence-electron chi connectivity index (χ4n) is 5.09. The lowest BCUT2D eigenvalue weighted by Crippen LogP contribution is -2.49. The van der Waals surface area contributed by atoms with Crippen molar-refractivity contribution in [3.63, 3.8) is 0 Å². The monoisotopic (exact) mass is 500 g/mol. The zero-order chi connectivity index (χ0) is 24.6. The number of nitrogens with zero attached hydrogens (tertiary/aromatic N) is 2. The van der Waals surface area contributed by atoms with E-state index >= 15 is 0 Å². The lowest BCUT2D eigenvalue weighted by Gasteiger charge is -2.37. The first-order valence-corrected chi connectivity index (χ1v) is 13.4. The molecule has 2 aliphatic rings. The molecule has 7 nitrogen and oxygen atoms in total. The number of benzene rings is 1. The van der Waals surface area contributed by atoms with Crippen molar-refractivity contribution in [2.24, 2.45) is 5.92 Å². The van der Waals surface area contributed by atoms with Gasteiger partial charge in [0.25, 0.3) is 0 Å². The van der Waals surface area contributed by atoms with Gasteiger partial charge in [-0.2, -0.15) is 0 Å². The number of carbonyl (C=O) groups is 2. The highest BCUT2D eigenvalue weighted by molar-refractivity contribution is 7.10. The Morgan fingerprint density at radius 3 is 2.71 bits per heavy atom. The van der Waals surface area contributed by atoms with Crippen molar-refractivity contribution in [2.45, 2.75) is 44.6 Å². The molecule has 1 saturated carbocycles. The second-order valence-corrected chi connectivity index (χ2v) is 10.2. The van der Waals surface area contributed by atoms with Crippen LogP contribution in [0.5, 0.6) is 11.5 Å². The molecule has 1 fully saturated rings. The van der Waals surface area contributed by atoms with E-state index in [0.29, 0.717) is 32.1 Å². The quantitative estimate of drug-likeness (QED) is 0.430. The van der Waals surface area contributed by atoms with E-state index in [-0.39, 0.29) is 30.3 Å². The molecule has 4 rings (SSSR count). The molecule has 2 aromatic rings. The predicted octanol–water partition coefficient (Wildman–Crippen LogP) is 4.32. The van der Waals surface area contributed by atoms with Gasteiger partial charge in [-0.05, 0) is 54.8 Å². The van der Waals surface area contributed by atoms with Crippen LogP contribution < -0.4 is 9.47 Å². The molecule has 0 bridgehead atoms. The van der Waals surface area contributed by atoms with Crippen molar-refractivity contribution in [2.75, 3.05) is 47.1 Å². The molecule has 1 aliphatic carbocycles. The first-order valence-electron chi connectivity index (χ1n) is 12.5. The van der Waals surface area contributed by atoms with E-state index < -0.39 is 0 Å². The van der Waals surface area contributed by atoms with E-state index in [2.05, 4.69) is 11.4 Å². The number of hydrogen-bond acceptors (Lipinski definition) is 6. The van der Waals surface area contributed by atoms with E-state index in [1.807, 2.05) is 29.2 Å². The number of rotatable bonds is 11. The fourth-order valence-corrected chi connectivity index (χ4v) is 6.02. The van der Waals surface area contributed by atoms with Crippen LogP contribution in [0.25, 0.3) is 0 Å². The summed E-state index contributed by atoms with van der Waals surface area (Å²) >= 11 is 1.73. The normalized spacial score (nSPS) is 17.8. The summed E-state index contributed by atoms with van der Waals surface area (Å²) in [5.74, 6) is 1.57. The Labute approximate surface area is 212 Å². The van der Waals surface area contributed by atoms with Crippen LogP contribution in [0.3, 0.4) is 0 Å². The van der Waals surface area contributed by atoms with Gasteiger partial charge in [0.2, 0.25) is 11.8 Å². The fraction of sp³-hybridized carbons (Fsp3) is 0.556. The summed E-state index contributed by atoms with van der Waals surface area (Å²) < 4.78 is 16.6. The summed E-state index contributed by atoms with van der Waals surface area (Å²) in [6.07, 6.45) is 5.58. The first-order chi connectivity index (χ1) is 17.1. The van der Waals surface area contributed by atoms with Gasteiger partial charge in [0.15, 0.2) is 0 Å². The molecular formula is C27H36N2O5S. The summed E-state index contributed by atoms with van der Waals surface area (Å²) in [7, 11) is 3.29. The maximum absolute atomic E-state index is 13.6. The van der Waals surface area contributed by atoms with Gasteiger partial charge in [0.1, 0.15) is 18.1 Å². The molecule has 1 atom stereocenters. The number of carbonyl (C=O) groups excluding carboxylic acids is 2. The van der Waals surface area contributed by atoms with Crippen molar-refractivity contribution in [3.8, 4) is 11.5 Å². The number of fused-ring (bicyclic) bond motifs is 1.